The number of terminal acetylenes is 1. The van der Waals surface area contributed by atoms with Crippen molar-refractivity contribution in [1.29, 1.82) is 0 Å². The largest absolute Gasteiger partial charge is 0.481 e. The van der Waals surface area contributed by atoms with Crippen molar-refractivity contribution in [2.75, 3.05) is 6.54 Å². The third-order valence-corrected chi connectivity index (χ3v) is 3.55. The fourth-order valence-corrected chi connectivity index (χ4v) is 2.21. The summed E-state index contributed by atoms with van der Waals surface area (Å²) in [6.07, 6.45) is 8.29. The zero-order valence-electron chi connectivity index (χ0n) is 10.3. The maximum atomic E-state index is 10.8. The summed E-state index contributed by atoms with van der Waals surface area (Å²) in [4.78, 5) is 10.8. The Hall–Kier alpha value is -1.05. The van der Waals surface area contributed by atoms with E-state index in [2.05, 4.69) is 11.2 Å². The highest BCUT2D eigenvalue weighted by Gasteiger charge is 2.35. The molecule has 96 valence electrons. The SMILES string of the molecule is C#CC(CC)NCC1(O)CCC(C(=O)O)CC1. The van der Waals surface area contributed by atoms with Gasteiger partial charge in [-0.3, -0.25) is 4.79 Å². The molecule has 0 radical (unpaired) electrons. The normalized spacial score (nSPS) is 30.5. The molecule has 0 aromatic carbocycles. The first-order valence-corrected chi connectivity index (χ1v) is 6.15. The highest BCUT2D eigenvalue weighted by molar-refractivity contribution is 5.70. The molecule has 1 saturated carbocycles. The maximum Gasteiger partial charge on any atom is 0.306 e. The van der Waals surface area contributed by atoms with E-state index in [9.17, 15) is 9.90 Å². The highest BCUT2D eigenvalue weighted by atomic mass is 16.4. The Kier molecular flexibility index (Phi) is 4.98. The lowest BCUT2D eigenvalue weighted by atomic mass is 9.78. The lowest BCUT2D eigenvalue weighted by Crippen LogP contribution is -2.46. The van der Waals surface area contributed by atoms with Crippen LogP contribution in [0.25, 0.3) is 0 Å². The van der Waals surface area contributed by atoms with E-state index in [0.717, 1.165) is 6.42 Å². The lowest BCUT2D eigenvalue weighted by Gasteiger charge is -2.35. The van der Waals surface area contributed by atoms with Gasteiger partial charge in [-0.25, -0.2) is 0 Å². The van der Waals surface area contributed by atoms with Gasteiger partial charge in [0.25, 0.3) is 0 Å². The second-order valence-electron chi connectivity index (χ2n) is 4.85. The van der Waals surface area contributed by atoms with E-state index >= 15 is 0 Å². The quantitative estimate of drug-likeness (QED) is 0.626. The van der Waals surface area contributed by atoms with Gasteiger partial charge in [-0.1, -0.05) is 12.8 Å². The van der Waals surface area contributed by atoms with Crippen molar-refractivity contribution in [3.63, 3.8) is 0 Å². The first-order chi connectivity index (χ1) is 8.00. The highest BCUT2D eigenvalue weighted by Crippen LogP contribution is 2.31. The molecular formula is C13H21NO3. The average molecular weight is 239 g/mol. The Morgan fingerprint density at radius 1 is 1.59 bits per heavy atom. The molecule has 4 heteroatoms. The van der Waals surface area contributed by atoms with E-state index in [-0.39, 0.29) is 12.0 Å². The first kappa shape index (κ1) is 14.0. The van der Waals surface area contributed by atoms with Crippen LogP contribution < -0.4 is 5.32 Å². The number of carboxylic acid groups (broad SMARTS) is 1. The fourth-order valence-electron chi connectivity index (χ4n) is 2.21. The van der Waals surface area contributed by atoms with Gasteiger partial charge in [-0.05, 0) is 32.1 Å². The summed E-state index contributed by atoms with van der Waals surface area (Å²) < 4.78 is 0. The van der Waals surface area contributed by atoms with Gasteiger partial charge in [0.2, 0.25) is 0 Å². The topological polar surface area (TPSA) is 69.6 Å². The van der Waals surface area contributed by atoms with Crippen molar-refractivity contribution < 1.29 is 15.0 Å². The summed E-state index contributed by atoms with van der Waals surface area (Å²) >= 11 is 0. The Morgan fingerprint density at radius 2 is 2.18 bits per heavy atom. The van der Waals surface area contributed by atoms with Crippen molar-refractivity contribution in [2.45, 2.75) is 50.7 Å². The average Bonchev–Trinajstić information content (AvgIpc) is 2.31. The molecule has 0 spiro atoms. The molecule has 1 unspecified atom stereocenters. The second-order valence-corrected chi connectivity index (χ2v) is 4.85. The van der Waals surface area contributed by atoms with Crippen LogP contribution in [0.4, 0.5) is 0 Å². The number of rotatable bonds is 5. The standard InChI is InChI=1S/C13H21NO3/c1-3-11(4-2)14-9-13(17)7-5-10(6-8-13)12(15)16/h1,10-11,14,17H,4-9H2,2H3,(H,15,16). The lowest BCUT2D eigenvalue weighted by molar-refractivity contribution is -0.144. The molecule has 0 bridgehead atoms. The van der Waals surface area contributed by atoms with Gasteiger partial charge < -0.3 is 15.5 Å². The van der Waals surface area contributed by atoms with Gasteiger partial charge in [0.05, 0.1) is 17.6 Å². The van der Waals surface area contributed by atoms with Crippen molar-refractivity contribution in [1.82, 2.24) is 5.32 Å². The van der Waals surface area contributed by atoms with E-state index < -0.39 is 11.6 Å². The van der Waals surface area contributed by atoms with E-state index in [4.69, 9.17) is 11.5 Å². The molecule has 0 aliphatic heterocycles. The Bertz CT molecular complexity index is 300. The summed E-state index contributed by atoms with van der Waals surface area (Å²) in [6, 6.07) is -0.0174. The predicted molar refractivity (Wildman–Crippen MR) is 65.5 cm³/mol. The minimum absolute atomic E-state index is 0.0174. The first-order valence-electron chi connectivity index (χ1n) is 6.15. The van der Waals surface area contributed by atoms with Crippen molar-refractivity contribution >= 4 is 5.97 Å². The maximum absolute atomic E-state index is 10.8. The minimum atomic E-state index is -0.795. The summed E-state index contributed by atoms with van der Waals surface area (Å²) in [5.41, 5.74) is -0.795. The van der Waals surface area contributed by atoms with Crippen LogP contribution in [0.3, 0.4) is 0 Å². The van der Waals surface area contributed by atoms with Crippen LogP contribution in [0, 0.1) is 18.3 Å². The van der Waals surface area contributed by atoms with Crippen molar-refractivity contribution in [3.8, 4) is 12.3 Å². The Labute approximate surface area is 102 Å². The van der Waals surface area contributed by atoms with E-state index in [1.165, 1.54) is 0 Å². The summed E-state index contributed by atoms with van der Waals surface area (Å²) in [6.45, 7) is 2.44. The van der Waals surface area contributed by atoms with Gasteiger partial charge in [-0.15, -0.1) is 6.42 Å². The minimum Gasteiger partial charge on any atom is -0.481 e. The summed E-state index contributed by atoms with van der Waals surface area (Å²) in [7, 11) is 0. The third kappa shape index (κ3) is 4.03. The van der Waals surface area contributed by atoms with Crippen LogP contribution in [0.2, 0.25) is 0 Å². The van der Waals surface area contributed by atoms with Crippen LogP contribution in [-0.4, -0.2) is 34.4 Å². The molecule has 0 saturated heterocycles. The number of aliphatic hydroxyl groups is 1. The number of aliphatic carboxylic acids is 1. The van der Waals surface area contributed by atoms with Crippen LogP contribution in [0.1, 0.15) is 39.0 Å². The number of nitrogens with one attached hydrogen (secondary N) is 1. The van der Waals surface area contributed by atoms with E-state index in [1.807, 2.05) is 6.92 Å². The molecule has 1 fully saturated rings. The van der Waals surface area contributed by atoms with E-state index in [0.29, 0.717) is 32.2 Å². The number of carbonyl (C=O) groups is 1. The zero-order valence-corrected chi connectivity index (χ0v) is 10.3. The smallest absolute Gasteiger partial charge is 0.306 e. The number of carboxylic acids is 1. The third-order valence-electron chi connectivity index (χ3n) is 3.55. The number of hydrogen-bond donors (Lipinski definition) is 3. The van der Waals surface area contributed by atoms with Gasteiger partial charge >= 0.3 is 5.97 Å². The molecule has 17 heavy (non-hydrogen) atoms. The van der Waals surface area contributed by atoms with Gasteiger partial charge in [0.1, 0.15) is 0 Å². The molecule has 1 rings (SSSR count). The Morgan fingerprint density at radius 3 is 2.59 bits per heavy atom. The van der Waals surface area contributed by atoms with Crippen LogP contribution in [0.15, 0.2) is 0 Å². The molecule has 3 N–H and O–H groups in total. The molecule has 1 atom stereocenters. The molecular weight excluding hydrogens is 218 g/mol. The number of hydrogen-bond acceptors (Lipinski definition) is 3. The Balaban J connectivity index is 2.40. The molecule has 0 heterocycles. The summed E-state index contributed by atoms with van der Waals surface area (Å²) in [5.74, 6) is 1.56. The molecule has 1 aliphatic carbocycles. The van der Waals surface area contributed by atoms with Gasteiger partial charge in [0.15, 0.2) is 0 Å². The van der Waals surface area contributed by atoms with Crippen LogP contribution in [0.5, 0.6) is 0 Å². The molecule has 4 nitrogen and oxygen atoms in total. The molecule has 0 amide bonds. The second kappa shape index (κ2) is 6.04. The zero-order chi connectivity index (χ0) is 12.9. The van der Waals surface area contributed by atoms with Gasteiger partial charge in [0, 0.05) is 6.54 Å². The van der Waals surface area contributed by atoms with Crippen molar-refractivity contribution in [2.24, 2.45) is 5.92 Å². The van der Waals surface area contributed by atoms with Crippen LogP contribution >= 0.6 is 0 Å². The van der Waals surface area contributed by atoms with Crippen molar-refractivity contribution in [3.05, 3.63) is 0 Å². The molecule has 0 aromatic rings. The van der Waals surface area contributed by atoms with E-state index in [1.54, 1.807) is 0 Å². The predicted octanol–water partition coefficient (Wildman–Crippen LogP) is 0.994. The fraction of sp³-hybridized carbons (Fsp3) is 0.769. The molecule has 0 aromatic heterocycles. The van der Waals surface area contributed by atoms with Gasteiger partial charge in [-0.2, -0.15) is 0 Å². The monoisotopic (exact) mass is 239 g/mol. The molecule has 1 aliphatic rings. The van der Waals surface area contributed by atoms with Crippen LogP contribution in [-0.2, 0) is 4.79 Å². The summed E-state index contributed by atoms with van der Waals surface area (Å²) in [5, 5.41) is 22.3.